The second-order valence-corrected chi connectivity index (χ2v) is 5.54. The van der Waals surface area contributed by atoms with Crippen molar-refractivity contribution in [3.05, 3.63) is 48.3 Å². The molecule has 7 heteroatoms. The van der Waals surface area contributed by atoms with Crippen molar-refractivity contribution in [3.63, 3.8) is 0 Å². The van der Waals surface area contributed by atoms with Gasteiger partial charge in [-0.05, 0) is 17.7 Å². The Labute approximate surface area is 132 Å². The van der Waals surface area contributed by atoms with E-state index < -0.39 is 11.5 Å². The van der Waals surface area contributed by atoms with Gasteiger partial charge in [0.1, 0.15) is 0 Å². The lowest BCUT2D eigenvalue weighted by Crippen LogP contribution is -2.55. The van der Waals surface area contributed by atoms with Crippen LogP contribution < -0.4 is 5.32 Å². The van der Waals surface area contributed by atoms with Crippen LogP contribution in [0.1, 0.15) is 12.0 Å². The van der Waals surface area contributed by atoms with Crippen LogP contribution in [-0.2, 0) is 20.7 Å². The van der Waals surface area contributed by atoms with Crippen LogP contribution in [-0.4, -0.2) is 45.5 Å². The van der Waals surface area contributed by atoms with E-state index in [4.69, 9.17) is 4.74 Å². The highest BCUT2D eigenvalue weighted by Crippen LogP contribution is 2.19. The summed E-state index contributed by atoms with van der Waals surface area (Å²) in [7, 11) is 0. The quantitative estimate of drug-likeness (QED) is 0.850. The normalized spacial score (nSPS) is 20.3. The van der Waals surface area contributed by atoms with E-state index in [0.29, 0.717) is 12.2 Å². The maximum absolute atomic E-state index is 12.2. The molecule has 0 spiro atoms. The number of hydrogen-bond acceptors (Lipinski definition) is 4. The second-order valence-electron chi connectivity index (χ2n) is 5.54. The highest BCUT2D eigenvalue weighted by Gasteiger charge is 2.43. The summed E-state index contributed by atoms with van der Waals surface area (Å²) in [6.07, 6.45) is 3.71. The number of carbonyl (C=O) groups is 2. The maximum atomic E-state index is 12.2. The first-order chi connectivity index (χ1) is 11.1. The molecule has 0 bridgehead atoms. The van der Waals surface area contributed by atoms with Gasteiger partial charge in [-0.3, -0.25) is 4.79 Å². The van der Waals surface area contributed by atoms with Crippen molar-refractivity contribution >= 4 is 11.9 Å². The topological polar surface area (TPSA) is 93.5 Å². The van der Waals surface area contributed by atoms with E-state index in [9.17, 15) is 14.7 Å². The molecule has 2 aromatic rings. The zero-order valence-corrected chi connectivity index (χ0v) is 12.4. The number of nitrogens with one attached hydrogen (secondary N) is 1. The van der Waals surface area contributed by atoms with E-state index in [1.54, 1.807) is 17.1 Å². The molecule has 1 saturated heterocycles. The van der Waals surface area contributed by atoms with Gasteiger partial charge in [0.15, 0.2) is 5.54 Å². The Kier molecular flexibility index (Phi) is 4.12. The molecule has 1 aliphatic rings. The molecule has 1 fully saturated rings. The maximum Gasteiger partial charge on any atom is 0.331 e. The number of amides is 1. The zero-order valence-electron chi connectivity index (χ0n) is 12.4. The van der Waals surface area contributed by atoms with Gasteiger partial charge in [-0.15, -0.1) is 0 Å². The Morgan fingerprint density at radius 1 is 1.35 bits per heavy atom. The third-order valence-electron chi connectivity index (χ3n) is 3.83. The molecule has 1 atom stereocenters. The highest BCUT2D eigenvalue weighted by atomic mass is 16.5. The number of ether oxygens (including phenoxy) is 1. The minimum atomic E-state index is -1.31. The van der Waals surface area contributed by atoms with Gasteiger partial charge < -0.3 is 15.2 Å². The number of carboxylic acids is 1. The lowest BCUT2D eigenvalue weighted by molar-refractivity contribution is -0.147. The molecule has 1 unspecified atom stereocenters. The van der Waals surface area contributed by atoms with Gasteiger partial charge in [-0.2, -0.15) is 5.10 Å². The summed E-state index contributed by atoms with van der Waals surface area (Å²) in [6.45, 7) is 0.329. The summed E-state index contributed by atoms with van der Waals surface area (Å²) in [5.74, 6) is -1.42. The zero-order chi connectivity index (χ0) is 16.3. The Balaban J connectivity index is 1.67. The van der Waals surface area contributed by atoms with Gasteiger partial charge in [0.05, 0.1) is 24.9 Å². The fourth-order valence-electron chi connectivity index (χ4n) is 2.56. The third-order valence-corrected chi connectivity index (χ3v) is 3.83. The standard InChI is InChI=1S/C16H17N3O4/c20-14(18-16(15(21)22)6-7-23-11-16)8-12-9-17-19(10-12)13-4-2-1-3-5-13/h1-5,9-10H,6-8,11H2,(H,18,20)(H,21,22). The van der Waals surface area contributed by atoms with Crippen LogP contribution in [0.3, 0.4) is 0 Å². The molecule has 23 heavy (non-hydrogen) atoms. The molecule has 0 aliphatic carbocycles. The van der Waals surface area contributed by atoms with Crippen LogP contribution >= 0.6 is 0 Å². The van der Waals surface area contributed by atoms with Crippen molar-refractivity contribution in [3.8, 4) is 5.69 Å². The van der Waals surface area contributed by atoms with Gasteiger partial charge >= 0.3 is 5.97 Å². The molecule has 1 aliphatic heterocycles. The fourth-order valence-corrected chi connectivity index (χ4v) is 2.56. The van der Waals surface area contributed by atoms with Crippen molar-refractivity contribution in [2.45, 2.75) is 18.4 Å². The number of para-hydroxylation sites is 1. The second kappa shape index (κ2) is 6.21. The average Bonchev–Trinajstić information content (AvgIpc) is 3.18. The molecule has 2 heterocycles. The number of carbonyl (C=O) groups excluding carboxylic acids is 1. The van der Waals surface area contributed by atoms with Gasteiger partial charge in [0.2, 0.25) is 5.91 Å². The van der Waals surface area contributed by atoms with E-state index in [0.717, 1.165) is 5.69 Å². The summed E-state index contributed by atoms with van der Waals surface area (Å²) < 4.78 is 6.80. The molecule has 7 nitrogen and oxygen atoms in total. The van der Waals surface area contributed by atoms with Crippen LogP contribution in [0.2, 0.25) is 0 Å². The van der Waals surface area contributed by atoms with E-state index in [2.05, 4.69) is 10.4 Å². The largest absolute Gasteiger partial charge is 0.479 e. The lowest BCUT2D eigenvalue weighted by Gasteiger charge is -2.23. The molecule has 1 aromatic heterocycles. The van der Waals surface area contributed by atoms with E-state index in [1.807, 2.05) is 30.3 Å². The van der Waals surface area contributed by atoms with Crippen molar-refractivity contribution in [1.82, 2.24) is 15.1 Å². The minimum Gasteiger partial charge on any atom is -0.479 e. The van der Waals surface area contributed by atoms with E-state index in [1.165, 1.54) is 0 Å². The molecule has 2 N–H and O–H groups in total. The summed E-state index contributed by atoms with van der Waals surface area (Å²) in [6, 6.07) is 9.54. The number of benzene rings is 1. The van der Waals surface area contributed by atoms with Crippen molar-refractivity contribution in [2.75, 3.05) is 13.2 Å². The monoisotopic (exact) mass is 315 g/mol. The Hall–Kier alpha value is -2.67. The number of carboxylic acid groups (broad SMARTS) is 1. The summed E-state index contributed by atoms with van der Waals surface area (Å²) >= 11 is 0. The first-order valence-electron chi connectivity index (χ1n) is 7.30. The third kappa shape index (κ3) is 3.24. The van der Waals surface area contributed by atoms with E-state index in [-0.39, 0.29) is 25.4 Å². The van der Waals surface area contributed by atoms with Gasteiger partial charge in [0.25, 0.3) is 0 Å². The fraction of sp³-hybridized carbons (Fsp3) is 0.312. The van der Waals surface area contributed by atoms with Crippen molar-refractivity contribution in [1.29, 1.82) is 0 Å². The Morgan fingerprint density at radius 2 is 2.13 bits per heavy atom. The first-order valence-corrected chi connectivity index (χ1v) is 7.30. The van der Waals surface area contributed by atoms with Crippen LogP contribution in [0, 0.1) is 0 Å². The summed E-state index contributed by atoms with van der Waals surface area (Å²) in [5, 5.41) is 16.1. The molecular formula is C16H17N3O4. The molecular weight excluding hydrogens is 298 g/mol. The predicted octanol–water partition coefficient (Wildman–Crippen LogP) is 0.775. The first kappa shape index (κ1) is 15.2. The van der Waals surface area contributed by atoms with Crippen molar-refractivity contribution < 1.29 is 19.4 Å². The lowest BCUT2D eigenvalue weighted by atomic mass is 9.98. The van der Waals surface area contributed by atoms with Crippen LogP contribution in [0.5, 0.6) is 0 Å². The van der Waals surface area contributed by atoms with Gasteiger partial charge in [-0.25, -0.2) is 9.48 Å². The highest BCUT2D eigenvalue weighted by molar-refractivity contribution is 5.88. The van der Waals surface area contributed by atoms with Crippen LogP contribution in [0.25, 0.3) is 5.69 Å². The minimum absolute atomic E-state index is 0.00263. The van der Waals surface area contributed by atoms with Crippen LogP contribution in [0.15, 0.2) is 42.7 Å². The SMILES string of the molecule is O=C(Cc1cnn(-c2ccccc2)c1)NC1(C(=O)O)CCOC1. The molecule has 0 radical (unpaired) electrons. The summed E-state index contributed by atoms with van der Waals surface area (Å²) in [5.41, 5.74) is 0.295. The molecule has 0 saturated carbocycles. The molecule has 3 rings (SSSR count). The number of rotatable bonds is 5. The van der Waals surface area contributed by atoms with Crippen molar-refractivity contribution in [2.24, 2.45) is 0 Å². The average molecular weight is 315 g/mol. The Morgan fingerprint density at radius 3 is 2.78 bits per heavy atom. The smallest absolute Gasteiger partial charge is 0.331 e. The Bertz CT molecular complexity index is 705. The number of hydrogen-bond donors (Lipinski definition) is 2. The number of nitrogens with zero attached hydrogens (tertiary/aromatic N) is 2. The van der Waals surface area contributed by atoms with Crippen LogP contribution in [0.4, 0.5) is 0 Å². The van der Waals surface area contributed by atoms with Gasteiger partial charge in [0, 0.05) is 19.2 Å². The number of aliphatic carboxylic acids is 1. The van der Waals surface area contributed by atoms with E-state index >= 15 is 0 Å². The summed E-state index contributed by atoms with van der Waals surface area (Å²) in [4.78, 5) is 23.5. The molecule has 1 amide bonds. The van der Waals surface area contributed by atoms with Gasteiger partial charge in [-0.1, -0.05) is 18.2 Å². The number of aromatic nitrogens is 2. The molecule has 120 valence electrons. The molecule has 1 aromatic carbocycles. The predicted molar refractivity (Wildman–Crippen MR) is 81.2 cm³/mol.